The maximum atomic E-state index is 11.5. The lowest BCUT2D eigenvalue weighted by Gasteiger charge is -2.08. The van der Waals surface area contributed by atoms with E-state index in [1.54, 1.807) is 0 Å². The molecule has 1 rings (SSSR count). The van der Waals surface area contributed by atoms with E-state index in [2.05, 4.69) is 21.2 Å². The Kier molecular flexibility index (Phi) is 3.96. The minimum absolute atomic E-state index is 0.0724. The smallest absolute Gasteiger partial charge is 0.255 e. The predicted molar refractivity (Wildman–Crippen MR) is 60.5 cm³/mol. The molecule has 4 nitrogen and oxygen atoms in total. The lowest BCUT2D eigenvalue weighted by Crippen LogP contribution is -2.28. The molecule has 0 heterocycles. The topological polar surface area (TPSA) is 69.6 Å². The van der Waals surface area contributed by atoms with Crippen molar-refractivity contribution in [2.45, 2.75) is 11.8 Å². The highest BCUT2D eigenvalue weighted by molar-refractivity contribution is 9.09. The molecule has 1 amide bonds. The molecule has 82 valence electrons. The van der Waals surface area contributed by atoms with Gasteiger partial charge in [0.1, 0.15) is 0 Å². The number of phenols is 2. The number of hydrogen-bond donors (Lipinski definition) is 3. The second-order valence-corrected chi connectivity index (χ2v) is 4.73. The van der Waals surface area contributed by atoms with Crippen molar-refractivity contribution in [3.63, 3.8) is 0 Å². The molecule has 0 radical (unpaired) electrons. The highest BCUT2D eigenvalue weighted by atomic mass is 79.9. The molecule has 0 spiro atoms. The summed E-state index contributed by atoms with van der Waals surface area (Å²) in [4.78, 5) is 11.7. The SMILES string of the molecule is CC(Br)CNC(=O)c1cccc(O)c1O. The number of carbonyl (C=O) groups is 1. The van der Waals surface area contributed by atoms with Gasteiger partial charge in [-0.1, -0.05) is 28.9 Å². The van der Waals surface area contributed by atoms with Crippen molar-refractivity contribution in [2.75, 3.05) is 6.54 Å². The minimum Gasteiger partial charge on any atom is -0.504 e. The maximum Gasteiger partial charge on any atom is 0.255 e. The van der Waals surface area contributed by atoms with Crippen molar-refractivity contribution in [3.8, 4) is 11.5 Å². The second-order valence-electron chi connectivity index (χ2n) is 3.16. The van der Waals surface area contributed by atoms with Crippen molar-refractivity contribution >= 4 is 21.8 Å². The molecule has 5 heteroatoms. The quantitative estimate of drug-likeness (QED) is 0.579. The van der Waals surface area contributed by atoms with Gasteiger partial charge in [-0.2, -0.15) is 0 Å². The summed E-state index contributed by atoms with van der Waals surface area (Å²) in [5, 5.41) is 21.2. The molecule has 0 aliphatic carbocycles. The van der Waals surface area contributed by atoms with Gasteiger partial charge in [-0.25, -0.2) is 0 Å². The summed E-state index contributed by atoms with van der Waals surface area (Å²) in [6, 6.07) is 4.27. The molecule has 15 heavy (non-hydrogen) atoms. The largest absolute Gasteiger partial charge is 0.504 e. The summed E-state index contributed by atoms with van der Waals surface area (Å²) in [5.41, 5.74) is 0.0724. The molecule has 0 aromatic heterocycles. The van der Waals surface area contributed by atoms with Gasteiger partial charge in [0.2, 0.25) is 0 Å². The number of halogens is 1. The van der Waals surface area contributed by atoms with Crippen LogP contribution in [0.3, 0.4) is 0 Å². The zero-order valence-electron chi connectivity index (χ0n) is 8.20. The van der Waals surface area contributed by atoms with Crippen LogP contribution in [0.4, 0.5) is 0 Å². The third kappa shape index (κ3) is 3.13. The van der Waals surface area contributed by atoms with Crippen LogP contribution in [0.1, 0.15) is 17.3 Å². The molecule has 1 aromatic carbocycles. The number of benzene rings is 1. The first-order valence-corrected chi connectivity index (χ1v) is 5.37. The van der Waals surface area contributed by atoms with Gasteiger partial charge >= 0.3 is 0 Å². The Labute approximate surface area is 96.1 Å². The van der Waals surface area contributed by atoms with Crippen molar-refractivity contribution in [1.82, 2.24) is 5.32 Å². The lowest BCUT2D eigenvalue weighted by atomic mass is 10.1. The third-order valence-electron chi connectivity index (χ3n) is 1.80. The number of para-hydroxylation sites is 1. The van der Waals surface area contributed by atoms with E-state index in [9.17, 15) is 15.0 Å². The van der Waals surface area contributed by atoms with Crippen molar-refractivity contribution in [2.24, 2.45) is 0 Å². The number of carbonyl (C=O) groups excluding carboxylic acids is 1. The predicted octanol–water partition coefficient (Wildman–Crippen LogP) is 1.61. The first kappa shape index (κ1) is 11.8. The molecule has 0 aliphatic rings. The molecule has 1 atom stereocenters. The zero-order valence-corrected chi connectivity index (χ0v) is 9.78. The second kappa shape index (κ2) is 5.02. The summed E-state index contributed by atoms with van der Waals surface area (Å²) < 4.78 is 0. The van der Waals surface area contributed by atoms with Gasteiger partial charge in [-0.05, 0) is 12.1 Å². The monoisotopic (exact) mass is 273 g/mol. The molecule has 0 bridgehead atoms. The fraction of sp³-hybridized carbons (Fsp3) is 0.300. The van der Waals surface area contributed by atoms with Crippen LogP contribution in [0.25, 0.3) is 0 Å². The van der Waals surface area contributed by atoms with E-state index in [0.717, 1.165) is 0 Å². The van der Waals surface area contributed by atoms with Gasteiger partial charge in [0, 0.05) is 11.4 Å². The molecule has 0 saturated carbocycles. The Morgan fingerprint density at radius 1 is 1.53 bits per heavy atom. The summed E-state index contributed by atoms with van der Waals surface area (Å²) in [7, 11) is 0. The average Bonchev–Trinajstić information content (AvgIpc) is 2.18. The van der Waals surface area contributed by atoms with Crippen LogP contribution in [-0.2, 0) is 0 Å². The molecular formula is C10H12BrNO3. The first-order chi connectivity index (χ1) is 7.02. The molecule has 0 saturated heterocycles. The Bertz CT molecular complexity index is 366. The van der Waals surface area contributed by atoms with Gasteiger partial charge < -0.3 is 15.5 Å². The van der Waals surface area contributed by atoms with Crippen LogP contribution in [0.5, 0.6) is 11.5 Å². The van der Waals surface area contributed by atoms with E-state index in [1.165, 1.54) is 18.2 Å². The average molecular weight is 274 g/mol. The molecule has 1 unspecified atom stereocenters. The van der Waals surface area contributed by atoms with E-state index in [0.29, 0.717) is 6.54 Å². The van der Waals surface area contributed by atoms with E-state index in [-0.39, 0.29) is 16.1 Å². The Balaban J connectivity index is 2.78. The maximum absolute atomic E-state index is 11.5. The highest BCUT2D eigenvalue weighted by Crippen LogP contribution is 2.27. The summed E-state index contributed by atoms with van der Waals surface area (Å²) in [6.45, 7) is 2.34. The van der Waals surface area contributed by atoms with Gasteiger partial charge in [0.05, 0.1) is 5.56 Å². The number of alkyl halides is 1. The summed E-state index contributed by atoms with van der Waals surface area (Å²) >= 11 is 3.28. The number of amides is 1. The van der Waals surface area contributed by atoms with Crippen LogP contribution < -0.4 is 5.32 Å². The van der Waals surface area contributed by atoms with Crippen LogP contribution >= 0.6 is 15.9 Å². The zero-order chi connectivity index (χ0) is 11.4. The van der Waals surface area contributed by atoms with Gasteiger partial charge in [0.25, 0.3) is 5.91 Å². The summed E-state index contributed by atoms with van der Waals surface area (Å²) in [5.74, 6) is -1.10. The van der Waals surface area contributed by atoms with Gasteiger partial charge in [-0.3, -0.25) is 4.79 Å². The van der Waals surface area contributed by atoms with Gasteiger partial charge in [0.15, 0.2) is 11.5 Å². The summed E-state index contributed by atoms with van der Waals surface area (Å²) in [6.07, 6.45) is 0. The number of rotatable bonds is 3. The number of hydrogen-bond acceptors (Lipinski definition) is 3. The standard InChI is InChI=1S/C10H12BrNO3/c1-6(11)5-12-10(15)7-3-2-4-8(13)9(7)14/h2-4,6,13-14H,5H2,1H3,(H,12,15). The van der Waals surface area contributed by atoms with Crippen LogP contribution in [-0.4, -0.2) is 27.5 Å². The number of nitrogens with one attached hydrogen (secondary N) is 1. The molecule has 1 aromatic rings. The van der Waals surface area contributed by atoms with Crippen molar-refractivity contribution in [1.29, 1.82) is 0 Å². The lowest BCUT2D eigenvalue weighted by molar-refractivity contribution is 0.0951. The van der Waals surface area contributed by atoms with Crippen LogP contribution in [0, 0.1) is 0 Å². The van der Waals surface area contributed by atoms with Crippen molar-refractivity contribution in [3.05, 3.63) is 23.8 Å². The van der Waals surface area contributed by atoms with Crippen LogP contribution in [0.15, 0.2) is 18.2 Å². The fourth-order valence-electron chi connectivity index (χ4n) is 1.04. The third-order valence-corrected chi connectivity index (χ3v) is 2.13. The highest BCUT2D eigenvalue weighted by Gasteiger charge is 2.13. The molecule has 0 aliphatic heterocycles. The van der Waals surface area contributed by atoms with E-state index >= 15 is 0 Å². The Hall–Kier alpha value is -1.23. The van der Waals surface area contributed by atoms with Crippen LogP contribution in [0.2, 0.25) is 0 Å². The Morgan fingerprint density at radius 3 is 2.80 bits per heavy atom. The van der Waals surface area contributed by atoms with E-state index in [4.69, 9.17) is 0 Å². The molecule has 3 N–H and O–H groups in total. The number of aromatic hydroxyl groups is 2. The fourth-order valence-corrected chi connectivity index (χ4v) is 1.20. The molecule has 0 fully saturated rings. The van der Waals surface area contributed by atoms with E-state index < -0.39 is 11.7 Å². The van der Waals surface area contributed by atoms with Gasteiger partial charge in [-0.15, -0.1) is 0 Å². The van der Waals surface area contributed by atoms with E-state index in [1.807, 2.05) is 6.92 Å². The Morgan fingerprint density at radius 2 is 2.20 bits per heavy atom. The normalized spacial score (nSPS) is 12.1. The number of phenolic OH excluding ortho intramolecular Hbond substituents is 2. The molecular weight excluding hydrogens is 262 g/mol. The first-order valence-electron chi connectivity index (χ1n) is 4.45. The minimum atomic E-state index is -0.408. The van der Waals surface area contributed by atoms with Crippen molar-refractivity contribution < 1.29 is 15.0 Å².